The van der Waals surface area contributed by atoms with Crippen LogP contribution in [-0.2, 0) is 4.79 Å². The number of aliphatic hydroxyl groups is 1. The average molecular weight is 380 g/mol. The van der Waals surface area contributed by atoms with Gasteiger partial charge in [-0.2, -0.15) is 0 Å². The van der Waals surface area contributed by atoms with E-state index in [0.717, 1.165) is 24.3 Å². The number of aliphatic hydroxyl groups excluding tert-OH is 1. The fourth-order valence-electron chi connectivity index (χ4n) is 2.68. The second-order valence-corrected chi connectivity index (χ2v) is 6.77. The molecule has 1 unspecified atom stereocenters. The standard InChI is InChI=1S/C19H22F2N2O4/c1-10(2)7-16(19(27)22-15-6-3-11(20)8-17(15)25)23-18(26)13-9-12(24)4-5-14(13)21/h3-5,8-10,15-16,24-25H,6-7H2,1-2H3,(H,22,27)(H,23,26)/t15?,16-/m0/s1. The summed E-state index contributed by atoms with van der Waals surface area (Å²) in [5.74, 6) is -3.43. The Bertz CT molecular complexity index is 790. The molecule has 2 atom stereocenters. The van der Waals surface area contributed by atoms with Gasteiger partial charge in [0.15, 0.2) is 0 Å². The molecule has 8 heteroatoms. The van der Waals surface area contributed by atoms with E-state index in [2.05, 4.69) is 10.6 Å². The van der Waals surface area contributed by atoms with Gasteiger partial charge in [-0.15, -0.1) is 0 Å². The van der Waals surface area contributed by atoms with E-state index in [1.54, 1.807) is 0 Å². The zero-order valence-corrected chi connectivity index (χ0v) is 15.0. The van der Waals surface area contributed by atoms with Gasteiger partial charge in [0.2, 0.25) is 5.91 Å². The average Bonchev–Trinajstić information content (AvgIpc) is 2.58. The van der Waals surface area contributed by atoms with Crippen molar-refractivity contribution in [1.29, 1.82) is 0 Å². The lowest BCUT2D eigenvalue weighted by Gasteiger charge is -2.25. The van der Waals surface area contributed by atoms with E-state index in [-0.39, 0.29) is 35.8 Å². The Kier molecular flexibility index (Phi) is 6.55. The molecular formula is C19H22F2N2O4. The molecule has 1 aliphatic carbocycles. The highest BCUT2D eigenvalue weighted by atomic mass is 19.1. The van der Waals surface area contributed by atoms with Crippen LogP contribution in [0.25, 0.3) is 0 Å². The number of hydrogen-bond donors (Lipinski definition) is 4. The van der Waals surface area contributed by atoms with Crippen molar-refractivity contribution in [3.05, 3.63) is 53.3 Å². The van der Waals surface area contributed by atoms with Crippen molar-refractivity contribution < 1.29 is 28.6 Å². The molecule has 0 spiro atoms. The highest BCUT2D eigenvalue weighted by Gasteiger charge is 2.27. The van der Waals surface area contributed by atoms with Gasteiger partial charge >= 0.3 is 0 Å². The maximum absolute atomic E-state index is 13.8. The third kappa shape index (κ3) is 5.54. The monoisotopic (exact) mass is 380 g/mol. The number of benzene rings is 1. The summed E-state index contributed by atoms with van der Waals surface area (Å²) in [4.78, 5) is 24.9. The molecule has 4 N–H and O–H groups in total. The number of nitrogens with one attached hydrogen (secondary N) is 2. The highest BCUT2D eigenvalue weighted by Crippen LogP contribution is 2.18. The van der Waals surface area contributed by atoms with Crippen molar-refractivity contribution in [3.8, 4) is 5.75 Å². The lowest BCUT2D eigenvalue weighted by molar-refractivity contribution is -0.124. The van der Waals surface area contributed by atoms with Crippen molar-refractivity contribution in [3.63, 3.8) is 0 Å². The van der Waals surface area contributed by atoms with Crippen LogP contribution in [0.4, 0.5) is 8.78 Å². The predicted molar refractivity (Wildman–Crippen MR) is 95.2 cm³/mol. The first-order valence-electron chi connectivity index (χ1n) is 8.53. The lowest BCUT2D eigenvalue weighted by Crippen LogP contribution is -2.50. The minimum Gasteiger partial charge on any atom is -0.510 e. The Morgan fingerprint density at radius 3 is 2.59 bits per heavy atom. The van der Waals surface area contributed by atoms with E-state index in [1.165, 1.54) is 6.08 Å². The van der Waals surface area contributed by atoms with Crippen LogP contribution in [0.3, 0.4) is 0 Å². The molecule has 0 bridgehead atoms. The van der Waals surface area contributed by atoms with Gasteiger partial charge in [0, 0.05) is 6.08 Å². The minimum absolute atomic E-state index is 0.0305. The molecule has 146 valence electrons. The van der Waals surface area contributed by atoms with E-state index in [4.69, 9.17) is 0 Å². The molecule has 0 heterocycles. The Hall–Kier alpha value is -2.90. The van der Waals surface area contributed by atoms with Crippen LogP contribution in [0.1, 0.15) is 37.0 Å². The molecule has 0 radical (unpaired) electrons. The molecule has 2 rings (SSSR count). The normalized spacial score (nSPS) is 17.7. The molecule has 2 amide bonds. The summed E-state index contributed by atoms with van der Waals surface area (Å²) in [6.45, 7) is 3.69. The van der Waals surface area contributed by atoms with Gasteiger partial charge in [-0.25, -0.2) is 8.78 Å². The van der Waals surface area contributed by atoms with Crippen LogP contribution in [0.15, 0.2) is 41.9 Å². The van der Waals surface area contributed by atoms with Crippen molar-refractivity contribution in [1.82, 2.24) is 10.6 Å². The highest BCUT2D eigenvalue weighted by molar-refractivity contribution is 5.98. The summed E-state index contributed by atoms with van der Waals surface area (Å²) in [5.41, 5.74) is -0.387. The minimum atomic E-state index is -0.997. The van der Waals surface area contributed by atoms with E-state index in [0.29, 0.717) is 0 Å². The first-order valence-corrected chi connectivity index (χ1v) is 8.53. The van der Waals surface area contributed by atoms with Crippen molar-refractivity contribution in [2.24, 2.45) is 5.92 Å². The van der Waals surface area contributed by atoms with Gasteiger partial charge in [0.25, 0.3) is 5.91 Å². The van der Waals surface area contributed by atoms with Gasteiger partial charge in [-0.1, -0.05) is 13.8 Å². The number of phenols is 1. The summed E-state index contributed by atoms with van der Waals surface area (Å²) < 4.78 is 26.9. The second kappa shape index (κ2) is 8.66. The number of halogens is 2. The Morgan fingerprint density at radius 1 is 1.26 bits per heavy atom. The van der Waals surface area contributed by atoms with E-state index < -0.39 is 35.5 Å². The summed E-state index contributed by atoms with van der Waals surface area (Å²) in [6.07, 6.45) is 2.47. The number of hydrogen-bond acceptors (Lipinski definition) is 4. The van der Waals surface area contributed by atoms with Gasteiger partial charge in [-0.3, -0.25) is 9.59 Å². The number of amides is 2. The molecule has 1 aliphatic rings. The van der Waals surface area contributed by atoms with Crippen LogP contribution in [0, 0.1) is 11.7 Å². The smallest absolute Gasteiger partial charge is 0.255 e. The summed E-state index contributed by atoms with van der Waals surface area (Å²) in [6, 6.07) is 1.23. The van der Waals surface area contributed by atoms with Gasteiger partial charge < -0.3 is 20.8 Å². The zero-order valence-electron chi connectivity index (χ0n) is 15.0. The molecular weight excluding hydrogens is 358 g/mol. The molecule has 0 fully saturated rings. The third-order valence-corrected chi connectivity index (χ3v) is 4.03. The first kappa shape index (κ1) is 20.4. The number of carbonyl (C=O) groups excluding carboxylic acids is 2. The van der Waals surface area contributed by atoms with Gasteiger partial charge in [0.1, 0.15) is 29.2 Å². The molecule has 1 aromatic rings. The van der Waals surface area contributed by atoms with Crippen LogP contribution >= 0.6 is 0 Å². The Morgan fingerprint density at radius 2 is 1.96 bits per heavy atom. The predicted octanol–water partition coefficient (Wildman–Crippen LogP) is 2.86. The maximum Gasteiger partial charge on any atom is 0.255 e. The SMILES string of the molecule is CC(C)C[C@H](NC(=O)c1cc(O)ccc1F)C(=O)NC1CC=C(F)C=C1O. The topological polar surface area (TPSA) is 98.7 Å². The number of rotatable bonds is 6. The molecule has 1 aromatic carbocycles. The molecule has 0 saturated heterocycles. The number of phenolic OH excluding ortho intramolecular Hbond substituents is 1. The van der Waals surface area contributed by atoms with Crippen LogP contribution in [-0.4, -0.2) is 34.1 Å². The van der Waals surface area contributed by atoms with Crippen LogP contribution in [0.2, 0.25) is 0 Å². The number of allylic oxidation sites excluding steroid dienone is 2. The first-order chi connectivity index (χ1) is 12.7. The molecule has 0 saturated carbocycles. The fourth-order valence-corrected chi connectivity index (χ4v) is 2.68. The molecule has 0 aromatic heterocycles. The zero-order chi connectivity index (χ0) is 20.1. The van der Waals surface area contributed by atoms with Gasteiger partial charge in [0.05, 0.1) is 11.6 Å². The van der Waals surface area contributed by atoms with Crippen molar-refractivity contribution in [2.45, 2.75) is 38.8 Å². The van der Waals surface area contributed by atoms with Crippen molar-refractivity contribution in [2.75, 3.05) is 0 Å². The van der Waals surface area contributed by atoms with Crippen molar-refractivity contribution >= 4 is 11.8 Å². The second-order valence-electron chi connectivity index (χ2n) is 6.77. The number of carbonyl (C=O) groups is 2. The van der Waals surface area contributed by atoms with E-state index in [9.17, 15) is 28.6 Å². The maximum atomic E-state index is 13.8. The Labute approximate surface area is 155 Å². The molecule has 6 nitrogen and oxygen atoms in total. The number of aromatic hydroxyl groups is 1. The van der Waals surface area contributed by atoms with Crippen LogP contribution < -0.4 is 10.6 Å². The summed E-state index contributed by atoms with van der Waals surface area (Å²) in [5, 5.41) is 24.2. The van der Waals surface area contributed by atoms with E-state index in [1.807, 2.05) is 13.8 Å². The van der Waals surface area contributed by atoms with Gasteiger partial charge in [-0.05, 0) is 43.0 Å². The lowest BCUT2D eigenvalue weighted by atomic mass is 10.0. The fraction of sp³-hybridized carbons (Fsp3) is 0.368. The third-order valence-electron chi connectivity index (χ3n) is 4.03. The quantitative estimate of drug-likeness (QED) is 0.610. The Balaban J connectivity index is 2.12. The molecule has 0 aliphatic heterocycles. The summed E-state index contributed by atoms with van der Waals surface area (Å²) >= 11 is 0. The largest absolute Gasteiger partial charge is 0.510 e. The van der Waals surface area contributed by atoms with E-state index >= 15 is 0 Å². The summed E-state index contributed by atoms with van der Waals surface area (Å²) in [7, 11) is 0. The molecule has 27 heavy (non-hydrogen) atoms. The van der Waals surface area contributed by atoms with Crippen LogP contribution in [0.5, 0.6) is 5.75 Å².